The minimum atomic E-state index is -0.360. The summed E-state index contributed by atoms with van der Waals surface area (Å²) in [4.78, 5) is 15.3. The number of carbonyl (C=O) groups excluding carboxylic acids is 1. The van der Waals surface area contributed by atoms with Crippen LogP contribution < -0.4 is 0 Å². The first-order chi connectivity index (χ1) is 14.7. The molecule has 2 heterocycles. The summed E-state index contributed by atoms with van der Waals surface area (Å²) >= 11 is 0. The summed E-state index contributed by atoms with van der Waals surface area (Å²) in [5, 5.41) is 4.60. The highest BCUT2D eigenvalue weighted by Crippen LogP contribution is 2.26. The molecule has 4 nitrogen and oxygen atoms in total. The lowest BCUT2D eigenvalue weighted by molar-refractivity contribution is 0.0725. The normalized spacial score (nSPS) is 13.2. The van der Waals surface area contributed by atoms with E-state index in [1.807, 2.05) is 47.4 Å². The number of para-hydroxylation sites is 1. The Morgan fingerprint density at radius 3 is 2.37 bits per heavy atom. The van der Waals surface area contributed by atoms with Crippen LogP contribution in [-0.4, -0.2) is 27.1 Å². The van der Waals surface area contributed by atoms with Crippen LogP contribution in [0.1, 0.15) is 21.6 Å². The van der Waals surface area contributed by atoms with Crippen molar-refractivity contribution in [3.63, 3.8) is 0 Å². The third-order valence-corrected chi connectivity index (χ3v) is 5.50. The molecule has 5 heteroatoms. The van der Waals surface area contributed by atoms with E-state index >= 15 is 0 Å². The molecule has 1 aliphatic rings. The van der Waals surface area contributed by atoms with Crippen LogP contribution in [0.2, 0.25) is 0 Å². The number of halogens is 1. The van der Waals surface area contributed by atoms with Gasteiger partial charge in [0.25, 0.3) is 5.91 Å². The molecule has 0 bridgehead atoms. The lowest BCUT2D eigenvalue weighted by atomic mass is 9.99. The van der Waals surface area contributed by atoms with Gasteiger partial charge in [-0.3, -0.25) is 4.79 Å². The number of amides is 1. The van der Waals surface area contributed by atoms with Crippen molar-refractivity contribution < 1.29 is 9.18 Å². The van der Waals surface area contributed by atoms with Crippen molar-refractivity contribution in [2.75, 3.05) is 6.54 Å². The van der Waals surface area contributed by atoms with Crippen molar-refractivity contribution in [3.8, 4) is 16.9 Å². The van der Waals surface area contributed by atoms with Gasteiger partial charge in [0.15, 0.2) is 0 Å². The first kappa shape index (κ1) is 18.3. The Morgan fingerprint density at radius 1 is 0.867 bits per heavy atom. The van der Waals surface area contributed by atoms with Crippen molar-refractivity contribution in [3.05, 3.63) is 108 Å². The molecule has 0 saturated carbocycles. The summed E-state index contributed by atoms with van der Waals surface area (Å²) in [6.07, 6.45) is 0.821. The number of carbonyl (C=O) groups is 1. The molecule has 0 spiro atoms. The Kier molecular flexibility index (Phi) is 4.64. The molecule has 0 atom stereocenters. The van der Waals surface area contributed by atoms with Gasteiger partial charge < -0.3 is 4.90 Å². The average molecular weight is 397 g/mol. The number of nitrogens with zero attached hydrogens (tertiary/aromatic N) is 3. The fraction of sp³-hybridized carbons (Fsp3) is 0.120. The molecule has 0 saturated heterocycles. The predicted molar refractivity (Wildman–Crippen MR) is 114 cm³/mol. The molecular formula is C25H20FN3O. The summed E-state index contributed by atoms with van der Waals surface area (Å²) in [6, 6.07) is 25.9. The van der Waals surface area contributed by atoms with Crippen LogP contribution in [-0.2, 0) is 13.0 Å². The second-order valence-electron chi connectivity index (χ2n) is 7.39. The molecule has 0 N–H and O–H groups in total. The van der Waals surface area contributed by atoms with Gasteiger partial charge in [0.1, 0.15) is 11.5 Å². The van der Waals surface area contributed by atoms with E-state index in [9.17, 15) is 9.18 Å². The van der Waals surface area contributed by atoms with Crippen molar-refractivity contribution >= 4 is 5.91 Å². The number of rotatable bonds is 3. The van der Waals surface area contributed by atoms with Crippen LogP contribution in [0.4, 0.5) is 4.39 Å². The number of fused-ring (bicyclic) bond motifs is 1. The zero-order chi connectivity index (χ0) is 20.5. The van der Waals surface area contributed by atoms with Gasteiger partial charge in [-0.15, -0.1) is 0 Å². The topological polar surface area (TPSA) is 38.1 Å². The molecule has 0 aliphatic carbocycles. The number of benzene rings is 3. The van der Waals surface area contributed by atoms with E-state index in [-0.39, 0.29) is 11.7 Å². The second-order valence-corrected chi connectivity index (χ2v) is 7.39. The SMILES string of the molecule is O=C(c1cc(-c2ccccc2F)nn1-c1ccccc1)N1CCc2ccccc2C1. The number of aromatic nitrogens is 2. The summed E-state index contributed by atoms with van der Waals surface area (Å²) in [7, 11) is 0. The van der Waals surface area contributed by atoms with Crippen molar-refractivity contribution in [2.45, 2.75) is 13.0 Å². The molecule has 5 rings (SSSR count). The second kappa shape index (κ2) is 7.59. The van der Waals surface area contributed by atoms with Crippen LogP contribution in [0.3, 0.4) is 0 Å². The quantitative estimate of drug-likeness (QED) is 0.494. The highest BCUT2D eigenvalue weighted by Gasteiger charge is 2.26. The van der Waals surface area contributed by atoms with Crippen LogP contribution >= 0.6 is 0 Å². The van der Waals surface area contributed by atoms with E-state index in [0.717, 1.165) is 17.7 Å². The largest absolute Gasteiger partial charge is 0.333 e. The van der Waals surface area contributed by atoms with Gasteiger partial charge >= 0.3 is 0 Å². The Labute approximate surface area is 174 Å². The lowest BCUT2D eigenvalue weighted by Crippen LogP contribution is -2.36. The van der Waals surface area contributed by atoms with E-state index < -0.39 is 0 Å². The highest BCUT2D eigenvalue weighted by atomic mass is 19.1. The minimum Gasteiger partial charge on any atom is -0.333 e. The third-order valence-electron chi connectivity index (χ3n) is 5.50. The van der Waals surface area contributed by atoms with Crippen molar-refractivity contribution in [1.29, 1.82) is 0 Å². The van der Waals surface area contributed by atoms with Crippen LogP contribution in [0.15, 0.2) is 84.9 Å². The molecule has 0 unspecified atom stereocenters. The molecule has 30 heavy (non-hydrogen) atoms. The van der Waals surface area contributed by atoms with E-state index in [0.29, 0.717) is 30.0 Å². The summed E-state index contributed by atoms with van der Waals surface area (Å²) in [5.74, 6) is -0.468. The van der Waals surface area contributed by atoms with Crippen LogP contribution in [0.5, 0.6) is 0 Å². The summed E-state index contributed by atoms with van der Waals surface area (Å²) in [6.45, 7) is 1.20. The van der Waals surface area contributed by atoms with Crippen LogP contribution in [0.25, 0.3) is 16.9 Å². The first-order valence-corrected chi connectivity index (χ1v) is 9.97. The third kappa shape index (κ3) is 3.28. The van der Waals surface area contributed by atoms with E-state index in [1.54, 1.807) is 28.9 Å². The minimum absolute atomic E-state index is 0.108. The van der Waals surface area contributed by atoms with Crippen molar-refractivity contribution in [1.82, 2.24) is 14.7 Å². The molecule has 0 fully saturated rings. The van der Waals surface area contributed by atoms with E-state index in [2.05, 4.69) is 17.2 Å². The molecule has 1 aromatic heterocycles. The first-order valence-electron chi connectivity index (χ1n) is 9.97. The van der Waals surface area contributed by atoms with Gasteiger partial charge in [-0.2, -0.15) is 5.10 Å². The Balaban J connectivity index is 1.57. The Bertz CT molecular complexity index is 1220. The Morgan fingerprint density at radius 2 is 1.57 bits per heavy atom. The lowest BCUT2D eigenvalue weighted by Gasteiger charge is -2.29. The van der Waals surface area contributed by atoms with E-state index in [1.165, 1.54) is 11.6 Å². The summed E-state index contributed by atoms with van der Waals surface area (Å²) < 4.78 is 16.0. The zero-order valence-corrected chi connectivity index (χ0v) is 16.3. The molecule has 3 aromatic carbocycles. The molecular weight excluding hydrogens is 377 g/mol. The highest BCUT2D eigenvalue weighted by molar-refractivity contribution is 5.94. The fourth-order valence-electron chi connectivity index (χ4n) is 3.93. The van der Waals surface area contributed by atoms with Gasteiger partial charge in [-0.25, -0.2) is 9.07 Å². The average Bonchev–Trinajstić information content (AvgIpc) is 3.24. The monoisotopic (exact) mass is 397 g/mol. The Hall–Kier alpha value is -3.73. The zero-order valence-electron chi connectivity index (χ0n) is 16.3. The molecule has 4 aromatic rings. The van der Waals surface area contributed by atoms with Gasteiger partial charge in [-0.1, -0.05) is 54.6 Å². The molecule has 0 radical (unpaired) electrons. The predicted octanol–water partition coefficient (Wildman–Crippen LogP) is 4.88. The number of hydrogen-bond acceptors (Lipinski definition) is 2. The molecule has 1 amide bonds. The van der Waals surface area contributed by atoms with E-state index in [4.69, 9.17) is 0 Å². The van der Waals surface area contributed by atoms with Crippen LogP contribution in [0, 0.1) is 5.82 Å². The smallest absolute Gasteiger partial charge is 0.272 e. The standard InChI is InChI=1S/C25H20FN3O/c26-22-13-7-6-12-21(22)23-16-24(29(27-23)20-10-2-1-3-11-20)25(30)28-15-14-18-8-4-5-9-19(18)17-28/h1-13,16H,14-15,17H2. The van der Waals surface area contributed by atoms with Gasteiger partial charge in [0, 0.05) is 18.7 Å². The van der Waals surface area contributed by atoms with Gasteiger partial charge in [-0.05, 0) is 47.9 Å². The maximum absolute atomic E-state index is 14.4. The van der Waals surface area contributed by atoms with Gasteiger partial charge in [0.2, 0.25) is 0 Å². The molecule has 1 aliphatic heterocycles. The molecule has 148 valence electrons. The fourth-order valence-corrected chi connectivity index (χ4v) is 3.93. The van der Waals surface area contributed by atoms with Crippen molar-refractivity contribution in [2.24, 2.45) is 0 Å². The van der Waals surface area contributed by atoms with Gasteiger partial charge in [0.05, 0.1) is 11.4 Å². The summed E-state index contributed by atoms with van der Waals surface area (Å²) in [5.41, 5.74) is 4.46. The maximum atomic E-state index is 14.4. The number of hydrogen-bond donors (Lipinski definition) is 0. The maximum Gasteiger partial charge on any atom is 0.272 e.